The third kappa shape index (κ3) is 3.93. The van der Waals surface area contributed by atoms with Crippen LogP contribution in [0.3, 0.4) is 0 Å². The minimum Gasteiger partial charge on any atom is -0.324 e. The van der Waals surface area contributed by atoms with Crippen LogP contribution < -0.4 is 0 Å². The van der Waals surface area contributed by atoms with Crippen molar-refractivity contribution in [2.24, 2.45) is 0 Å². The second-order valence-electron chi connectivity index (χ2n) is 5.95. The van der Waals surface area contributed by atoms with Gasteiger partial charge < -0.3 is 4.57 Å². The van der Waals surface area contributed by atoms with Crippen LogP contribution in [0.15, 0.2) is 42.7 Å². The van der Waals surface area contributed by atoms with Gasteiger partial charge in [0.2, 0.25) is 0 Å². The van der Waals surface area contributed by atoms with Gasteiger partial charge in [0.05, 0.1) is 5.56 Å². The van der Waals surface area contributed by atoms with Crippen molar-refractivity contribution in [3.63, 3.8) is 0 Å². The van der Waals surface area contributed by atoms with Crippen LogP contribution in [-0.4, -0.2) is 28.7 Å². The Morgan fingerprint density at radius 2 is 1.83 bits per heavy atom. The predicted molar refractivity (Wildman–Crippen MR) is 80.2 cm³/mol. The fourth-order valence-electron chi connectivity index (χ4n) is 2.92. The third-order valence-electron chi connectivity index (χ3n) is 4.10. The van der Waals surface area contributed by atoms with Crippen molar-refractivity contribution in [3.05, 3.63) is 53.9 Å². The number of halogens is 4. The van der Waals surface area contributed by atoms with E-state index in [4.69, 9.17) is 0 Å². The van der Waals surface area contributed by atoms with E-state index in [9.17, 15) is 17.6 Å². The Hall–Kier alpha value is -1.82. The number of nitrogens with zero attached hydrogens (tertiary/aromatic N) is 2. The van der Waals surface area contributed by atoms with Gasteiger partial charge in [0.25, 0.3) is 0 Å². The Morgan fingerprint density at radius 1 is 1.09 bits per heavy atom. The number of piperidine rings is 1. The summed E-state index contributed by atoms with van der Waals surface area (Å²) in [6.07, 6.45) is 0.0985. The van der Waals surface area contributed by atoms with Gasteiger partial charge in [-0.2, -0.15) is 13.2 Å². The van der Waals surface area contributed by atoms with Crippen LogP contribution in [0.2, 0.25) is 0 Å². The van der Waals surface area contributed by atoms with Crippen molar-refractivity contribution in [2.45, 2.75) is 31.7 Å². The number of hydrogen-bond donors (Lipinski definition) is 0. The SMILES string of the molecule is FC1CCCN(Cc2ccn(-c3ccc(C(F)(F)F)cc3)c2)C1. The van der Waals surface area contributed by atoms with Crippen LogP contribution >= 0.6 is 0 Å². The highest BCUT2D eigenvalue weighted by Gasteiger charge is 2.30. The van der Waals surface area contributed by atoms with Crippen LogP contribution in [0.4, 0.5) is 17.6 Å². The van der Waals surface area contributed by atoms with E-state index in [0.717, 1.165) is 30.7 Å². The molecule has 1 aromatic heterocycles. The largest absolute Gasteiger partial charge is 0.416 e. The third-order valence-corrected chi connectivity index (χ3v) is 4.10. The molecule has 0 aliphatic carbocycles. The zero-order valence-corrected chi connectivity index (χ0v) is 12.6. The molecule has 6 heteroatoms. The summed E-state index contributed by atoms with van der Waals surface area (Å²) in [7, 11) is 0. The van der Waals surface area contributed by atoms with E-state index in [1.165, 1.54) is 12.1 Å². The Balaban J connectivity index is 1.69. The van der Waals surface area contributed by atoms with Crippen LogP contribution in [0.5, 0.6) is 0 Å². The first-order chi connectivity index (χ1) is 10.9. The van der Waals surface area contributed by atoms with Crippen molar-refractivity contribution in [3.8, 4) is 5.69 Å². The topological polar surface area (TPSA) is 8.17 Å². The number of likely N-dealkylation sites (tertiary alicyclic amines) is 1. The highest BCUT2D eigenvalue weighted by atomic mass is 19.4. The first-order valence-electron chi connectivity index (χ1n) is 7.63. The number of benzene rings is 1. The zero-order valence-electron chi connectivity index (χ0n) is 12.6. The molecular formula is C17H18F4N2. The van der Waals surface area contributed by atoms with Gasteiger partial charge in [-0.3, -0.25) is 4.90 Å². The monoisotopic (exact) mass is 326 g/mol. The van der Waals surface area contributed by atoms with E-state index in [1.54, 1.807) is 4.57 Å². The fourth-order valence-corrected chi connectivity index (χ4v) is 2.92. The fraction of sp³-hybridized carbons (Fsp3) is 0.412. The number of aromatic nitrogens is 1. The molecule has 1 atom stereocenters. The Bertz CT molecular complexity index is 645. The van der Waals surface area contributed by atoms with Gasteiger partial charge in [0.15, 0.2) is 0 Å². The lowest BCUT2D eigenvalue weighted by molar-refractivity contribution is -0.137. The Labute approximate surface area is 132 Å². The number of alkyl halides is 4. The summed E-state index contributed by atoms with van der Waals surface area (Å²) in [6, 6.07) is 6.97. The van der Waals surface area contributed by atoms with E-state index in [0.29, 0.717) is 25.2 Å². The van der Waals surface area contributed by atoms with E-state index >= 15 is 0 Å². The number of rotatable bonds is 3. The molecule has 23 heavy (non-hydrogen) atoms. The molecule has 0 spiro atoms. The second-order valence-corrected chi connectivity index (χ2v) is 5.95. The summed E-state index contributed by atoms with van der Waals surface area (Å²) in [5, 5.41) is 0. The van der Waals surface area contributed by atoms with E-state index in [2.05, 4.69) is 4.90 Å². The van der Waals surface area contributed by atoms with Crippen LogP contribution in [0.25, 0.3) is 5.69 Å². The molecule has 1 unspecified atom stereocenters. The van der Waals surface area contributed by atoms with Crippen molar-refractivity contribution in [1.82, 2.24) is 9.47 Å². The Morgan fingerprint density at radius 3 is 2.48 bits per heavy atom. The summed E-state index contributed by atoms with van der Waals surface area (Å²) < 4.78 is 52.9. The predicted octanol–water partition coefficient (Wildman–Crippen LogP) is 4.43. The zero-order chi connectivity index (χ0) is 16.4. The summed E-state index contributed by atoms with van der Waals surface area (Å²) in [5.41, 5.74) is 1.04. The highest BCUT2D eigenvalue weighted by molar-refractivity contribution is 5.37. The second kappa shape index (κ2) is 6.35. The highest BCUT2D eigenvalue weighted by Crippen LogP contribution is 2.29. The van der Waals surface area contributed by atoms with Crippen molar-refractivity contribution in [1.29, 1.82) is 0 Å². The molecule has 124 valence electrons. The lowest BCUT2D eigenvalue weighted by Crippen LogP contribution is -2.35. The molecule has 1 aliphatic rings. The van der Waals surface area contributed by atoms with Gasteiger partial charge in [-0.15, -0.1) is 0 Å². The molecule has 1 aliphatic heterocycles. The molecule has 0 amide bonds. The van der Waals surface area contributed by atoms with Crippen molar-refractivity contribution < 1.29 is 17.6 Å². The lowest BCUT2D eigenvalue weighted by atomic mass is 10.1. The molecule has 1 fully saturated rings. The van der Waals surface area contributed by atoms with E-state index < -0.39 is 17.9 Å². The van der Waals surface area contributed by atoms with Crippen LogP contribution in [0.1, 0.15) is 24.0 Å². The van der Waals surface area contributed by atoms with Gasteiger partial charge in [-0.05, 0) is 55.3 Å². The summed E-state index contributed by atoms with van der Waals surface area (Å²) in [6.45, 7) is 1.99. The summed E-state index contributed by atoms with van der Waals surface area (Å²) in [5.74, 6) is 0. The normalized spacial score (nSPS) is 19.9. The summed E-state index contributed by atoms with van der Waals surface area (Å²) in [4.78, 5) is 2.07. The maximum Gasteiger partial charge on any atom is 0.416 e. The molecule has 0 radical (unpaired) electrons. The standard InChI is InChI=1S/C17H18F4N2/c18-15-2-1-8-22(12-15)10-13-7-9-23(11-13)16-5-3-14(4-6-16)17(19,20)21/h3-7,9,11,15H,1-2,8,10,12H2. The average molecular weight is 326 g/mol. The first kappa shape index (κ1) is 16.1. The molecule has 1 aromatic carbocycles. The van der Waals surface area contributed by atoms with Gasteiger partial charge in [0, 0.05) is 31.2 Å². The molecule has 0 saturated carbocycles. The molecule has 0 N–H and O–H groups in total. The molecule has 2 aromatic rings. The Kier molecular flexibility index (Phi) is 4.43. The lowest BCUT2D eigenvalue weighted by Gasteiger charge is -2.28. The van der Waals surface area contributed by atoms with E-state index in [-0.39, 0.29) is 0 Å². The van der Waals surface area contributed by atoms with Crippen molar-refractivity contribution in [2.75, 3.05) is 13.1 Å². The minimum absolute atomic E-state index is 0.450. The first-order valence-corrected chi connectivity index (χ1v) is 7.63. The van der Waals surface area contributed by atoms with Crippen LogP contribution in [-0.2, 0) is 12.7 Å². The van der Waals surface area contributed by atoms with Crippen molar-refractivity contribution >= 4 is 0 Å². The molecule has 3 rings (SSSR count). The van der Waals surface area contributed by atoms with Gasteiger partial charge >= 0.3 is 6.18 Å². The van der Waals surface area contributed by atoms with Gasteiger partial charge in [-0.25, -0.2) is 4.39 Å². The molecule has 1 saturated heterocycles. The maximum atomic E-state index is 13.4. The molecule has 2 heterocycles. The van der Waals surface area contributed by atoms with E-state index in [1.807, 2.05) is 18.5 Å². The molecule has 2 nitrogen and oxygen atoms in total. The maximum absolute atomic E-state index is 13.4. The van der Waals surface area contributed by atoms with Crippen LogP contribution in [0, 0.1) is 0 Å². The smallest absolute Gasteiger partial charge is 0.324 e. The quantitative estimate of drug-likeness (QED) is 0.758. The summed E-state index contributed by atoms with van der Waals surface area (Å²) >= 11 is 0. The van der Waals surface area contributed by atoms with Gasteiger partial charge in [-0.1, -0.05) is 0 Å². The molecular weight excluding hydrogens is 308 g/mol. The molecule has 0 bridgehead atoms. The van der Waals surface area contributed by atoms with Gasteiger partial charge in [0.1, 0.15) is 6.17 Å². The average Bonchev–Trinajstić information content (AvgIpc) is 2.95. The minimum atomic E-state index is -4.32. The number of hydrogen-bond acceptors (Lipinski definition) is 1.